The second-order valence-electron chi connectivity index (χ2n) is 9.44. The fraction of sp³-hybridized carbons (Fsp3) is 0.857. The Hall–Kier alpha value is -1.67. The first-order valence-electron chi connectivity index (χ1n) is 11.2. The average Bonchev–Trinajstić information content (AvgIpc) is 3.31. The molecular formula is C21H34N4O4. The van der Waals surface area contributed by atoms with E-state index in [0.29, 0.717) is 51.3 Å². The number of carbonyl (C=O) groups excluding carboxylic acids is 3. The van der Waals surface area contributed by atoms with Gasteiger partial charge in [-0.15, -0.1) is 0 Å². The molecular weight excluding hydrogens is 372 g/mol. The van der Waals surface area contributed by atoms with Gasteiger partial charge in [-0.2, -0.15) is 0 Å². The van der Waals surface area contributed by atoms with Gasteiger partial charge in [0.2, 0.25) is 0 Å². The van der Waals surface area contributed by atoms with Gasteiger partial charge in [-0.05, 0) is 44.4 Å². The van der Waals surface area contributed by atoms with Crippen molar-refractivity contribution in [3.8, 4) is 0 Å². The van der Waals surface area contributed by atoms with Crippen LogP contribution in [0.4, 0.5) is 4.79 Å². The van der Waals surface area contributed by atoms with Crippen molar-refractivity contribution in [2.45, 2.75) is 70.1 Å². The minimum absolute atomic E-state index is 0.0596. The highest BCUT2D eigenvalue weighted by molar-refractivity contribution is 6.07. The number of hydrogen-bond acceptors (Lipinski definition) is 5. The molecule has 162 valence electrons. The highest BCUT2D eigenvalue weighted by Gasteiger charge is 2.54. The van der Waals surface area contributed by atoms with Gasteiger partial charge in [0.05, 0.1) is 0 Å². The van der Waals surface area contributed by atoms with E-state index >= 15 is 0 Å². The van der Waals surface area contributed by atoms with Gasteiger partial charge in [-0.3, -0.25) is 14.5 Å². The Morgan fingerprint density at radius 2 is 1.83 bits per heavy atom. The zero-order chi connectivity index (χ0) is 20.6. The summed E-state index contributed by atoms with van der Waals surface area (Å²) in [6.45, 7) is 8.92. The molecule has 0 unspecified atom stereocenters. The first-order chi connectivity index (χ1) is 13.9. The fourth-order valence-electron chi connectivity index (χ4n) is 5.27. The van der Waals surface area contributed by atoms with Gasteiger partial charge in [0.1, 0.15) is 11.6 Å². The zero-order valence-corrected chi connectivity index (χ0v) is 17.7. The Balaban J connectivity index is 1.33. The van der Waals surface area contributed by atoms with Crippen molar-refractivity contribution >= 4 is 17.8 Å². The molecule has 0 aromatic heterocycles. The molecule has 4 aliphatic heterocycles. The third-order valence-corrected chi connectivity index (χ3v) is 6.87. The second-order valence-corrected chi connectivity index (χ2v) is 9.44. The molecule has 0 bridgehead atoms. The number of urea groups is 1. The topological polar surface area (TPSA) is 82.2 Å². The van der Waals surface area contributed by atoms with Gasteiger partial charge in [0.15, 0.2) is 0 Å². The lowest BCUT2D eigenvalue weighted by atomic mass is 9.86. The number of carbonyl (C=O) groups is 3. The lowest BCUT2D eigenvalue weighted by Gasteiger charge is -2.39. The molecule has 8 nitrogen and oxygen atoms in total. The maximum atomic E-state index is 13.3. The third-order valence-electron chi connectivity index (χ3n) is 6.87. The van der Waals surface area contributed by atoms with Crippen LogP contribution in [0.2, 0.25) is 0 Å². The molecule has 4 saturated heterocycles. The maximum absolute atomic E-state index is 13.3. The summed E-state index contributed by atoms with van der Waals surface area (Å²) in [5.41, 5.74) is -0.727. The number of amides is 4. The van der Waals surface area contributed by atoms with Crippen LogP contribution in [-0.2, 0) is 14.3 Å². The number of hydrogen-bond donors (Lipinski definition) is 1. The summed E-state index contributed by atoms with van der Waals surface area (Å²) in [4.78, 5) is 44.2. The number of likely N-dealkylation sites (tertiary alicyclic amines) is 2. The summed E-state index contributed by atoms with van der Waals surface area (Å²) in [5, 5.41) is 3.03. The van der Waals surface area contributed by atoms with Crippen LogP contribution in [0.1, 0.15) is 52.4 Å². The van der Waals surface area contributed by atoms with Gasteiger partial charge in [-0.25, -0.2) is 4.79 Å². The SMILES string of the molecule is CC(C)CN1CCC2(CC1)NC(=O)N(C1CCN(C(=O)[C@@H]3CCCO3)CC1)C2=O. The molecule has 0 saturated carbocycles. The minimum Gasteiger partial charge on any atom is -0.368 e. The molecule has 4 aliphatic rings. The summed E-state index contributed by atoms with van der Waals surface area (Å²) >= 11 is 0. The molecule has 29 heavy (non-hydrogen) atoms. The van der Waals surface area contributed by atoms with Gasteiger partial charge >= 0.3 is 6.03 Å². The summed E-state index contributed by atoms with van der Waals surface area (Å²) in [7, 11) is 0. The first-order valence-corrected chi connectivity index (χ1v) is 11.2. The highest BCUT2D eigenvalue weighted by atomic mass is 16.5. The van der Waals surface area contributed by atoms with E-state index in [1.165, 1.54) is 4.90 Å². The predicted octanol–water partition coefficient (Wildman–Crippen LogP) is 1.20. The van der Waals surface area contributed by atoms with E-state index in [4.69, 9.17) is 4.74 Å². The van der Waals surface area contributed by atoms with Gasteiger partial charge < -0.3 is 19.9 Å². The molecule has 1 N–H and O–H groups in total. The number of piperidine rings is 2. The number of rotatable bonds is 4. The highest BCUT2D eigenvalue weighted by Crippen LogP contribution is 2.33. The molecule has 4 fully saturated rings. The molecule has 0 aromatic carbocycles. The normalized spacial score (nSPS) is 28.6. The third kappa shape index (κ3) is 4.01. The predicted molar refractivity (Wildman–Crippen MR) is 107 cm³/mol. The van der Waals surface area contributed by atoms with Crippen molar-refractivity contribution in [2.24, 2.45) is 5.92 Å². The van der Waals surface area contributed by atoms with Crippen LogP contribution in [0.15, 0.2) is 0 Å². The maximum Gasteiger partial charge on any atom is 0.325 e. The standard InChI is InChI=1S/C21H34N4O4/c1-15(2)14-23-11-7-21(8-12-23)19(27)25(20(28)22-21)16-5-9-24(10-6-16)18(26)17-4-3-13-29-17/h15-17H,3-14H2,1-2H3,(H,22,28)/t17-/m0/s1. The van der Waals surface area contributed by atoms with Crippen molar-refractivity contribution < 1.29 is 19.1 Å². The molecule has 4 rings (SSSR count). The summed E-state index contributed by atoms with van der Waals surface area (Å²) < 4.78 is 5.51. The van der Waals surface area contributed by atoms with E-state index in [1.807, 2.05) is 4.90 Å². The van der Waals surface area contributed by atoms with Gasteiger partial charge in [-0.1, -0.05) is 13.8 Å². The molecule has 4 heterocycles. The van der Waals surface area contributed by atoms with E-state index in [2.05, 4.69) is 24.1 Å². The number of imide groups is 1. The van der Waals surface area contributed by atoms with E-state index in [0.717, 1.165) is 32.5 Å². The summed E-state index contributed by atoms with van der Waals surface area (Å²) in [5.74, 6) is 0.597. The largest absolute Gasteiger partial charge is 0.368 e. The van der Waals surface area contributed by atoms with Crippen molar-refractivity contribution in [1.82, 2.24) is 20.0 Å². The van der Waals surface area contributed by atoms with E-state index in [1.54, 1.807) is 0 Å². The number of nitrogens with zero attached hydrogens (tertiary/aromatic N) is 3. The molecule has 8 heteroatoms. The van der Waals surface area contributed by atoms with Crippen molar-refractivity contribution in [3.63, 3.8) is 0 Å². The Kier molecular flexibility index (Phi) is 5.84. The Labute approximate surface area is 172 Å². The summed E-state index contributed by atoms with van der Waals surface area (Å²) in [6, 6.07) is -0.375. The molecule has 1 atom stereocenters. The second kappa shape index (κ2) is 8.22. The van der Waals surface area contributed by atoms with E-state index in [9.17, 15) is 14.4 Å². The average molecular weight is 407 g/mol. The summed E-state index contributed by atoms with van der Waals surface area (Å²) in [6.07, 6.45) is 4.07. The van der Waals surface area contributed by atoms with Crippen molar-refractivity contribution in [2.75, 3.05) is 39.3 Å². The van der Waals surface area contributed by atoms with Crippen LogP contribution in [0.3, 0.4) is 0 Å². The number of nitrogens with one attached hydrogen (secondary N) is 1. The molecule has 0 aliphatic carbocycles. The first kappa shape index (κ1) is 20.6. The fourth-order valence-corrected chi connectivity index (χ4v) is 5.27. The van der Waals surface area contributed by atoms with Crippen LogP contribution < -0.4 is 5.32 Å². The molecule has 1 spiro atoms. The van der Waals surface area contributed by atoms with Crippen molar-refractivity contribution in [1.29, 1.82) is 0 Å². The molecule has 4 amide bonds. The van der Waals surface area contributed by atoms with Gasteiger partial charge in [0.25, 0.3) is 11.8 Å². The van der Waals surface area contributed by atoms with Crippen LogP contribution in [0.5, 0.6) is 0 Å². The van der Waals surface area contributed by atoms with Crippen molar-refractivity contribution in [3.05, 3.63) is 0 Å². The minimum atomic E-state index is -0.727. The Morgan fingerprint density at radius 1 is 1.14 bits per heavy atom. The molecule has 0 aromatic rings. The molecule has 0 radical (unpaired) electrons. The zero-order valence-electron chi connectivity index (χ0n) is 17.7. The lowest BCUT2D eigenvalue weighted by molar-refractivity contribution is -0.143. The smallest absolute Gasteiger partial charge is 0.325 e. The monoisotopic (exact) mass is 406 g/mol. The Bertz CT molecular complexity index is 645. The van der Waals surface area contributed by atoms with Crippen LogP contribution in [-0.4, -0.2) is 89.6 Å². The van der Waals surface area contributed by atoms with Crippen LogP contribution >= 0.6 is 0 Å². The Morgan fingerprint density at radius 3 is 2.41 bits per heavy atom. The lowest BCUT2D eigenvalue weighted by Crippen LogP contribution is -2.56. The van der Waals surface area contributed by atoms with Crippen LogP contribution in [0.25, 0.3) is 0 Å². The number of ether oxygens (including phenoxy) is 1. The van der Waals surface area contributed by atoms with E-state index < -0.39 is 5.54 Å². The quantitative estimate of drug-likeness (QED) is 0.710. The van der Waals surface area contributed by atoms with Crippen LogP contribution in [0, 0.1) is 5.92 Å². The van der Waals surface area contributed by atoms with Gasteiger partial charge in [0, 0.05) is 45.4 Å². The van der Waals surface area contributed by atoms with E-state index in [-0.39, 0.29) is 30.0 Å².